The van der Waals surface area contributed by atoms with E-state index in [0.29, 0.717) is 5.65 Å². The number of hydrogen-bond acceptors (Lipinski definition) is 5. The molecule has 0 fully saturated rings. The van der Waals surface area contributed by atoms with Crippen LogP contribution in [0.25, 0.3) is 11.0 Å². The summed E-state index contributed by atoms with van der Waals surface area (Å²) in [6, 6.07) is 8.27. The number of anilines is 3. The van der Waals surface area contributed by atoms with Gasteiger partial charge in [-0.2, -0.15) is 15.1 Å². The number of halogens is 1. The van der Waals surface area contributed by atoms with Crippen LogP contribution < -0.4 is 9.80 Å². The number of para-hydroxylation sites is 2. The van der Waals surface area contributed by atoms with Crippen molar-refractivity contribution in [1.29, 1.82) is 0 Å². The number of nitrogens with one attached hydrogen (secondary N) is 1. The predicted octanol–water partition coefficient (Wildman–Crippen LogP) is 2.59. The lowest BCUT2D eigenvalue weighted by Crippen LogP contribution is -2.36. The minimum Gasteiger partial charge on any atom is -0.371 e. The van der Waals surface area contributed by atoms with E-state index in [4.69, 9.17) is 11.6 Å². The van der Waals surface area contributed by atoms with Gasteiger partial charge < -0.3 is 9.80 Å². The highest BCUT2D eigenvalue weighted by atomic mass is 35.5. The number of aromatic nitrogens is 4. The molecule has 0 bridgehead atoms. The van der Waals surface area contributed by atoms with E-state index in [9.17, 15) is 0 Å². The van der Waals surface area contributed by atoms with Crippen molar-refractivity contribution in [3.8, 4) is 0 Å². The first kappa shape index (κ1) is 12.4. The zero-order valence-electron chi connectivity index (χ0n) is 11.4. The van der Waals surface area contributed by atoms with Gasteiger partial charge in [0.25, 0.3) is 0 Å². The molecule has 0 spiro atoms. The first-order valence-corrected chi connectivity index (χ1v) is 7.06. The largest absolute Gasteiger partial charge is 0.371 e. The quantitative estimate of drug-likeness (QED) is 0.700. The molecule has 0 atom stereocenters. The fourth-order valence-corrected chi connectivity index (χ4v) is 2.89. The molecule has 0 aliphatic carbocycles. The summed E-state index contributed by atoms with van der Waals surface area (Å²) in [5, 5.41) is 7.99. The molecule has 7 heteroatoms. The van der Waals surface area contributed by atoms with Gasteiger partial charge in [0.15, 0.2) is 5.65 Å². The zero-order valence-corrected chi connectivity index (χ0v) is 12.2. The topological polar surface area (TPSA) is 60.9 Å². The van der Waals surface area contributed by atoms with Crippen molar-refractivity contribution < 1.29 is 0 Å². The summed E-state index contributed by atoms with van der Waals surface area (Å²) in [6.45, 7) is 1.75. The summed E-state index contributed by atoms with van der Waals surface area (Å²) < 4.78 is 0. The Hall–Kier alpha value is -2.34. The molecule has 0 radical (unpaired) electrons. The summed E-state index contributed by atoms with van der Waals surface area (Å²) >= 11 is 6.05. The Balaban J connectivity index is 1.94. The van der Waals surface area contributed by atoms with Crippen molar-refractivity contribution in [2.75, 3.05) is 29.9 Å². The molecule has 1 N–H and O–H groups in total. The molecule has 1 aliphatic rings. The number of fused-ring (bicyclic) bond motifs is 2. The third kappa shape index (κ3) is 1.91. The second kappa shape index (κ2) is 4.60. The van der Waals surface area contributed by atoms with Gasteiger partial charge in [-0.15, -0.1) is 0 Å². The maximum absolute atomic E-state index is 6.05. The van der Waals surface area contributed by atoms with E-state index < -0.39 is 0 Å². The molecule has 1 aliphatic heterocycles. The van der Waals surface area contributed by atoms with Gasteiger partial charge in [-0.25, -0.2) is 0 Å². The van der Waals surface area contributed by atoms with Gasteiger partial charge in [0.1, 0.15) is 5.82 Å². The molecule has 4 rings (SSSR count). The second-order valence-electron chi connectivity index (χ2n) is 5.01. The lowest BCUT2D eigenvalue weighted by molar-refractivity contribution is 0.815. The minimum atomic E-state index is 0.221. The Morgan fingerprint density at radius 2 is 1.95 bits per heavy atom. The average molecular weight is 301 g/mol. The van der Waals surface area contributed by atoms with Crippen molar-refractivity contribution >= 4 is 39.8 Å². The molecule has 106 valence electrons. The van der Waals surface area contributed by atoms with Crippen LogP contribution in [0.15, 0.2) is 30.5 Å². The Morgan fingerprint density at radius 3 is 2.81 bits per heavy atom. The number of nitrogens with zero attached hydrogens (tertiary/aromatic N) is 5. The highest BCUT2D eigenvalue weighted by molar-refractivity contribution is 6.28. The van der Waals surface area contributed by atoms with Crippen LogP contribution in [0.1, 0.15) is 0 Å². The summed E-state index contributed by atoms with van der Waals surface area (Å²) in [5.74, 6) is 0.791. The van der Waals surface area contributed by atoms with Crippen molar-refractivity contribution in [3.63, 3.8) is 0 Å². The molecule has 0 saturated heterocycles. The van der Waals surface area contributed by atoms with Gasteiger partial charge in [0.2, 0.25) is 5.28 Å². The number of aromatic amines is 1. The maximum Gasteiger partial charge on any atom is 0.226 e. The van der Waals surface area contributed by atoms with E-state index in [1.807, 2.05) is 12.1 Å². The number of hydrogen-bond donors (Lipinski definition) is 1. The first-order valence-electron chi connectivity index (χ1n) is 6.68. The molecule has 6 nitrogen and oxygen atoms in total. The average Bonchev–Trinajstić information content (AvgIpc) is 2.95. The summed E-state index contributed by atoms with van der Waals surface area (Å²) in [5.41, 5.74) is 2.94. The van der Waals surface area contributed by atoms with Crippen molar-refractivity contribution in [3.05, 3.63) is 35.7 Å². The molecular weight excluding hydrogens is 288 g/mol. The van der Waals surface area contributed by atoms with Crippen LogP contribution >= 0.6 is 11.6 Å². The van der Waals surface area contributed by atoms with Gasteiger partial charge in [0, 0.05) is 20.1 Å². The Morgan fingerprint density at radius 1 is 1.14 bits per heavy atom. The van der Waals surface area contributed by atoms with Crippen molar-refractivity contribution in [1.82, 2.24) is 20.2 Å². The van der Waals surface area contributed by atoms with Crippen molar-refractivity contribution in [2.24, 2.45) is 0 Å². The van der Waals surface area contributed by atoms with Crippen LogP contribution in [0.4, 0.5) is 17.2 Å². The van der Waals surface area contributed by atoms with E-state index in [1.165, 1.54) is 5.69 Å². The Kier molecular flexibility index (Phi) is 2.71. The van der Waals surface area contributed by atoms with Crippen LogP contribution in [0.3, 0.4) is 0 Å². The summed E-state index contributed by atoms with van der Waals surface area (Å²) in [7, 11) is 2.09. The molecule has 1 aromatic carbocycles. The molecule has 2 aromatic heterocycles. The fraction of sp³-hybridized carbons (Fsp3) is 0.214. The lowest BCUT2D eigenvalue weighted by atomic mass is 10.1. The third-order valence-electron chi connectivity index (χ3n) is 3.76. The number of rotatable bonds is 1. The molecule has 0 unspecified atom stereocenters. The van der Waals surface area contributed by atoms with E-state index in [2.05, 4.69) is 49.1 Å². The van der Waals surface area contributed by atoms with E-state index >= 15 is 0 Å². The molecule has 3 aromatic rings. The SMILES string of the molecule is CN1CCN(c2nc(Cl)nc3[nH]ncc23)c2ccccc21. The standard InChI is InChI=1S/C14H13ClN6/c1-20-6-7-21(11-5-3-2-4-10(11)20)13-9-8-16-19-12(9)17-14(15)18-13/h2-5,8H,6-7H2,1H3,(H,16,17,18,19). The van der Waals surface area contributed by atoms with Gasteiger partial charge in [-0.3, -0.25) is 5.10 Å². The Labute approximate surface area is 126 Å². The lowest BCUT2D eigenvalue weighted by Gasteiger charge is -2.36. The van der Waals surface area contributed by atoms with E-state index in [-0.39, 0.29) is 5.28 Å². The highest BCUT2D eigenvalue weighted by Gasteiger charge is 2.24. The number of H-pyrrole nitrogens is 1. The third-order valence-corrected chi connectivity index (χ3v) is 3.93. The van der Waals surface area contributed by atoms with Gasteiger partial charge in [-0.1, -0.05) is 12.1 Å². The Bertz CT molecular complexity index is 814. The predicted molar refractivity (Wildman–Crippen MR) is 83.4 cm³/mol. The highest BCUT2D eigenvalue weighted by Crippen LogP contribution is 2.38. The number of likely N-dealkylation sites (N-methyl/N-ethyl adjacent to an activating group) is 1. The molecular formula is C14H13ClN6. The monoisotopic (exact) mass is 300 g/mol. The zero-order chi connectivity index (χ0) is 14.4. The van der Waals surface area contributed by atoms with Crippen LogP contribution in [0.5, 0.6) is 0 Å². The van der Waals surface area contributed by atoms with Crippen LogP contribution in [-0.4, -0.2) is 40.3 Å². The maximum atomic E-state index is 6.05. The molecule has 0 amide bonds. The first-order chi connectivity index (χ1) is 10.2. The summed E-state index contributed by atoms with van der Waals surface area (Å²) in [4.78, 5) is 13.0. The molecule has 0 saturated carbocycles. The van der Waals surface area contributed by atoms with E-state index in [1.54, 1.807) is 6.20 Å². The van der Waals surface area contributed by atoms with Crippen LogP contribution in [0.2, 0.25) is 5.28 Å². The summed E-state index contributed by atoms with van der Waals surface area (Å²) in [6.07, 6.45) is 1.74. The minimum absolute atomic E-state index is 0.221. The van der Waals surface area contributed by atoms with Gasteiger partial charge in [-0.05, 0) is 23.7 Å². The van der Waals surface area contributed by atoms with Gasteiger partial charge >= 0.3 is 0 Å². The van der Waals surface area contributed by atoms with Crippen LogP contribution in [-0.2, 0) is 0 Å². The van der Waals surface area contributed by atoms with Crippen molar-refractivity contribution in [2.45, 2.75) is 0 Å². The normalized spacial score (nSPS) is 14.6. The molecule has 21 heavy (non-hydrogen) atoms. The fourth-order valence-electron chi connectivity index (χ4n) is 2.72. The number of benzene rings is 1. The van der Waals surface area contributed by atoms with E-state index in [0.717, 1.165) is 30.0 Å². The second-order valence-corrected chi connectivity index (χ2v) is 5.35. The molecule has 3 heterocycles. The van der Waals surface area contributed by atoms with Gasteiger partial charge in [0.05, 0.1) is 23.0 Å². The van der Waals surface area contributed by atoms with Crippen LogP contribution in [0, 0.1) is 0 Å². The smallest absolute Gasteiger partial charge is 0.226 e.